The van der Waals surface area contributed by atoms with Crippen LogP contribution < -0.4 is 0 Å². The van der Waals surface area contributed by atoms with Gasteiger partial charge in [0.2, 0.25) is 0 Å². The summed E-state index contributed by atoms with van der Waals surface area (Å²) in [4.78, 5) is 0.794. The SMILES string of the molecule is OC(Cc1cc(Cl)ccc1Cl)c1cc(Br)c(Cl)s1. The Morgan fingerprint density at radius 2 is 1.94 bits per heavy atom. The fourth-order valence-electron chi connectivity index (χ4n) is 1.54. The van der Waals surface area contributed by atoms with E-state index in [1.807, 2.05) is 6.07 Å². The smallest absolute Gasteiger partial charge is 0.107 e. The lowest BCUT2D eigenvalue weighted by Gasteiger charge is -2.10. The van der Waals surface area contributed by atoms with Gasteiger partial charge in [-0.2, -0.15) is 0 Å². The number of rotatable bonds is 3. The topological polar surface area (TPSA) is 20.2 Å². The molecule has 0 spiro atoms. The molecule has 2 aromatic rings. The molecular formula is C12H8BrCl3OS. The maximum absolute atomic E-state index is 10.2. The molecule has 1 N–H and O–H groups in total. The fourth-order valence-corrected chi connectivity index (χ4v) is 3.65. The lowest BCUT2D eigenvalue weighted by atomic mass is 10.1. The molecule has 0 aliphatic heterocycles. The molecule has 0 aliphatic rings. The highest BCUT2D eigenvalue weighted by Crippen LogP contribution is 2.36. The second-order valence-corrected chi connectivity index (χ2v) is 7.11. The van der Waals surface area contributed by atoms with Gasteiger partial charge in [0.05, 0.1) is 6.10 Å². The minimum atomic E-state index is -0.644. The van der Waals surface area contributed by atoms with E-state index in [-0.39, 0.29) is 0 Å². The Morgan fingerprint density at radius 3 is 2.56 bits per heavy atom. The van der Waals surface area contributed by atoms with Crippen molar-refractivity contribution in [1.82, 2.24) is 0 Å². The summed E-state index contributed by atoms with van der Waals surface area (Å²) in [6.45, 7) is 0. The van der Waals surface area contributed by atoms with Crippen LogP contribution in [0.15, 0.2) is 28.7 Å². The summed E-state index contributed by atoms with van der Waals surface area (Å²) in [6, 6.07) is 7.02. The maximum atomic E-state index is 10.2. The Labute approximate surface area is 132 Å². The fraction of sp³-hybridized carbons (Fsp3) is 0.167. The molecule has 0 saturated carbocycles. The van der Waals surface area contributed by atoms with Crippen LogP contribution in [-0.4, -0.2) is 5.11 Å². The summed E-state index contributed by atoms with van der Waals surface area (Å²) in [5.41, 5.74) is 0.817. The van der Waals surface area contributed by atoms with Crippen molar-refractivity contribution in [2.45, 2.75) is 12.5 Å². The van der Waals surface area contributed by atoms with Gasteiger partial charge in [-0.1, -0.05) is 34.8 Å². The van der Waals surface area contributed by atoms with Crippen molar-refractivity contribution >= 4 is 62.1 Å². The molecule has 2 rings (SSSR count). The normalized spacial score (nSPS) is 12.7. The molecule has 0 amide bonds. The van der Waals surface area contributed by atoms with E-state index in [1.165, 1.54) is 11.3 Å². The second-order valence-electron chi connectivity index (χ2n) is 3.73. The van der Waals surface area contributed by atoms with Gasteiger partial charge in [-0.05, 0) is 45.8 Å². The zero-order chi connectivity index (χ0) is 13.3. The maximum Gasteiger partial charge on any atom is 0.107 e. The van der Waals surface area contributed by atoms with Gasteiger partial charge in [0.15, 0.2) is 0 Å². The van der Waals surface area contributed by atoms with Gasteiger partial charge in [0.25, 0.3) is 0 Å². The van der Waals surface area contributed by atoms with E-state index in [4.69, 9.17) is 34.8 Å². The molecule has 1 heterocycles. The van der Waals surface area contributed by atoms with E-state index in [9.17, 15) is 5.11 Å². The molecule has 0 radical (unpaired) electrons. The Balaban J connectivity index is 2.20. The van der Waals surface area contributed by atoms with E-state index in [1.54, 1.807) is 18.2 Å². The highest BCUT2D eigenvalue weighted by atomic mass is 79.9. The zero-order valence-corrected chi connectivity index (χ0v) is 13.6. The van der Waals surface area contributed by atoms with Crippen LogP contribution in [0, 0.1) is 0 Å². The Kier molecular flexibility index (Phi) is 4.98. The Bertz CT molecular complexity index is 551. The number of benzene rings is 1. The first-order valence-electron chi connectivity index (χ1n) is 5.04. The third kappa shape index (κ3) is 3.41. The molecule has 0 fully saturated rings. The molecule has 18 heavy (non-hydrogen) atoms. The van der Waals surface area contributed by atoms with Crippen molar-refractivity contribution in [3.05, 3.63) is 53.6 Å². The molecule has 6 heteroatoms. The van der Waals surface area contributed by atoms with Crippen LogP contribution in [0.5, 0.6) is 0 Å². The first kappa shape index (κ1) is 14.6. The molecule has 1 unspecified atom stereocenters. The van der Waals surface area contributed by atoms with E-state index < -0.39 is 6.10 Å². The van der Waals surface area contributed by atoms with Crippen molar-refractivity contribution < 1.29 is 5.11 Å². The first-order chi connectivity index (χ1) is 8.47. The predicted molar refractivity (Wildman–Crippen MR) is 82.2 cm³/mol. The number of hydrogen-bond acceptors (Lipinski definition) is 2. The monoisotopic (exact) mass is 384 g/mol. The van der Waals surface area contributed by atoms with Crippen LogP contribution in [0.25, 0.3) is 0 Å². The summed E-state index contributed by atoms with van der Waals surface area (Å²) in [5.74, 6) is 0. The van der Waals surface area contributed by atoms with Crippen LogP contribution in [-0.2, 0) is 6.42 Å². The van der Waals surface area contributed by atoms with Gasteiger partial charge in [0.1, 0.15) is 4.34 Å². The van der Waals surface area contributed by atoms with Crippen molar-refractivity contribution in [1.29, 1.82) is 0 Å². The number of hydrogen-bond donors (Lipinski definition) is 1. The van der Waals surface area contributed by atoms with Crippen LogP contribution >= 0.6 is 62.1 Å². The van der Waals surface area contributed by atoms with Gasteiger partial charge < -0.3 is 5.11 Å². The van der Waals surface area contributed by atoms with Crippen molar-refractivity contribution in [2.24, 2.45) is 0 Å². The summed E-state index contributed by atoms with van der Waals surface area (Å²) >= 11 is 22.6. The van der Waals surface area contributed by atoms with Crippen molar-refractivity contribution in [3.63, 3.8) is 0 Å². The third-order valence-corrected chi connectivity index (χ3v) is 5.59. The molecule has 0 aliphatic carbocycles. The molecule has 96 valence electrons. The van der Waals surface area contributed by atoms with Crippen LogP contribution in [0.1, 0.15) is 16.5 Å². The number of thiophene rings is 1. The van der Waals surface area contributed by atoms with Gasteiger partial charge in [-0.15, -0.1) is 11.3 Å². The highest BCUT2D eigenvalue weighted by molar-refractivity contribution is 9.10. The summed E-state index contributed by atoms with van der Waals surface area (Å²) in [5, 5.41) is 11.4. The molecule has 1 aromatic carbocycles. The van der Waals surface area contributed by atoms with E-state index >= 15 is 0 Å². The van der Waals surface area contributed by atoms with Crippen LogP contribution in [0.2, 0.25) is 14.4 Å². The Morgan fingerprint density at radius 1 is 1.22 bits per heavy atom. The second kappa shape index (κ2) is 6.12. The first-order valence-corrected chi connectivity index (χ1v) is 7.78. The van der Waals surface area contributed by atoms with Gasteiger partial charge in [-0.3, -0.25) is 0 Å². The largest absolute Gasteiger partial charge is 0.387 e. The van der Waals surface area contributed by atoms with Crippen LogP contribution in [0.4, 0.5) is 0 Å². The third-order valence-electron chi connectivity index (χ3n) is 2.41. The number of aliphatic hydroxyl groups is 1. The average molecular weight is 387 g/mol. The lowest BCUT2D eigenvalue weighted by molar-refractivity contribution is 0.182. The minimum Gasteiger partial charge on any atom is -0.387 e. The average Bonchev–Trinajstić information content (AvgIpc) is 2.64. The molecule has 0 bridgehead atoms. The molecule has 1 atom stereocenters. The highest BCUT2D eigenvalue weighted by Gasteiger charge is 2.15. The minimum absolute atomic E-state index is 0.405. The molecule has 1 nitrogen and oxygen atoms in total. The predicted octanol–water partition coefficient (Wildman–Crippen LogP) is 5.75. The van der Waals surface area contributed by atoms with E-state index in [2.05, 4.69) is 15.9 Å². The lowest BCUT2D eigenvalue weighted by Crippen LogP contribution is -2.00. The quantitative estimate of drug-likeness (QED) is 0.712. The molecule has 0 saturated heterocycles. The molecule has 1 aromatic heterocycles. The summed E-state index contributed by atoms with van der Waals surface area (Å²) < 4.78 is 1.42. The van der Waals surface area contributed by atoms with Gasteiger partial charge in [-0.25, -0.2) is 0 Å². The van der Waals surface area contributed by atoms with E-state index in [0.717, 1.165) is 14.9 Å². The standard InChI is InChI=1S/C12H8BrCl3OS/c13-8-5-11(18-12(8)16)10(17)4-6-3-7(14)1-2-9(6)15/h1-3,5,10,17H,4H2. The van der Waals surface area contributed by atoms with Crippen molar-refractivity contribution in [2.75, 3.05) is 0 Å². The number of aliphatic hydroxyl groups excluding tert-OH is 1. The van der Waals surface area contributed by atoms with Crippen molar-refractivity contribution in [3.8, 4) is 0 Å². The Hall–Kier alpha value is 0.230. The van der Waals surface area contributed by atoms with Gasteiger partial charge >= 0.3 is 0 Å². The summed E-state index contributed by atoms with van der Waals surface area (Å²) in [7, 11) is 0. The van der Waals surface area contributed by atoms with Gasteiger partial charge in [0, 0.05) is 25.8 Å². The van der Waals surface area contributed by atoms with E-state index in [0.29, 0.717) is 20.8 Å². The molecular weight excluding hydrogens is 378 g/mol. The summed E-state index contributed by atoms with van der Waals surface area (Å²) in [6.07, 6.45) is -0.238. The van der Waals surface area contributed by atoms with Crippen LogP contribution in [0.3, 0.4) is 0 Å². The number of halogens is 4. The zero-order valence-electron chi connectivity index (χ0n) is 8.96.